The maximum Gasteiger partial charge on any atom is 0.0966 e. The largest absolute Gasteiger partial charge is 0.365 e. The van der Waals surface area contributed by atoms with E-state index in [9.17, 15) is 0 Å². The average molecular weight is 239 g/mol. The zero-order valence-corrected chi connectivity index (χ0v) is 10.3. The van der Waals surface area contributed by atoms with E-state index in [1.54, 1.807) is 0 Å². The third kappa shape index (κ3) is 1.94. The molecule has 1 saturated heterocycles. The highest BCUT2D eigenvalue weighted by Crippen LogP contribution is 2.33. The van der Waals surface area contributed by atoms with Crippen molar-refractivity contribution in [3.05, 3.63) is 71.8 Å². The van der Waals surface area contributed by atoms with Crippen LogP contribution in [0.4, 0.5) is 0 Å². The summed E-state index contributed by atoms with van der Waals surface area (Å²) in [5.41, 5.74) is 2.55. The molecule has 1 aliphatic rings. The van der Waals surface area contributed by atoms with Crippen molar-refractivity contribution in [1.29, 1.82) is 0 Å². The second-order valence-electron chi connectivity index (χ2n) is 4.73. The number of nitrogens with one attached hydrogen (secondary N) is 1. The number of rotatable bonds is 2. The second kappa shape index (κ2) is 4.92. The monoisotopic (exact) mass is 239 g/mol. The molecule has 92 valence electrons. The van der Waals surface area contributed by atoms with E-state index in [0.717, 1.165) is 13.2 Å². The molecule has 1 aliphatic heterocycles. The maximum atomic E-state index is 5.68. The third-order valence-electron chi connectivity index (χ3n) is 3.63. The summed E-state index contributed by atoms with van der Waals surface area (Å²) in [7, 11) is 0. The molecule has 1 N–H and O–H groups in total. The fraction of sp³-hybridized carbons (Fsp3) is 0.250. The van der Waals surface area contributed by atoms with Gasteiger partial charge in [0.15, 0.2) is 0 Å². The summed E-state index contributed by atoms with van der Waals surface area (Å²) >= 11 is 0. The molecular weight excluding hydrogens is 222 g/mol. The van der Waals surface area contributed by atoms with E-state index in [1.165, 1.54) is 11.1 Å². The lowest BCUT2D eigenvalue weighted by Gasteiger charge is -2.38. The van der Waals surface area contributed by atoms with Gasteiger partial charge >= 0.3 is 0 Å². The lowest BCUT2D eigenvalue weighted by atomic mass is 9.74. The minimum Gasteiger partial charge on any atom is -0.365 e. The first-order chi connectivity index (χ1) is 8.92. The number of hydrogen-bond acceptors (Lipinski definition) is 2. The van der Waals surface area contributed by atoms with Crippen LogP contribution in [0.25, 0.3) is 0 Å². The number of ether oxygens (including phenoxy) is 1. The average Bonchev–Trinajstić information content (AvgIpc) is 2.50. The summed E-state index contributed by atoms with van der Waals surface area (Å²) in [6.07, 6.45) is 0. The Kier molecular flexibility index (Phi) is 3.13. The first-order valence-corrected chi connectivity index (χ1v) is 6.31. The topological polar surface area (TPSA) is 21.3 Å². The zero-order valence-electron chi connectivity index (χ0n) is 10.3. The number of benzene rings is 2. The maximum absolute atomic E-state index is 5.68. The van der Waals surface area contributed by atoms with Crippen LogP contribution in [-0.2, 0) is 10.2 Å². The Morgan fingerprint density at radius 3 is 1.83 bits per heavy atom. The molecule has 0 spiro atoms. The SMILES string of the molecule is c1ccc(C2(c3ccccc3)CNCOC2)cc1. The van der Waals surface area contributed by atoms with Crippen LogP contribution in [0.1, 0.15) is 11.1 Å². The molecule has 3 rings (SSSR count). The molecule has 2 heteroatoms. The third-order valence-corrected chi connectivity index (χ3v) is 3.63. The Morgan fingerprint density at radius 1 is 0.833 bits per heavy atom. The van der Waals surface area contributed by atoms with Crippen LogP contribution in [-0.4, -0.2) is 19.9 Å². The van der Waals surface area contributed by atoms with Gasteiger partial charge in [-0.25, -0.2) is 0 Å². The molecule has 0 saturated carbocycles. The predicted octanol–water partition coefficient (Wildman–Crippen LogP) is 2.55. The van der Waals surface area contributed by atoms with Gasteiger partial charge in [-0.1, -0.05) is 60.7 Å². The highest BCUT2D eigenvalue weighted by atomic mass is 16.5. The highest BCUT2D eigenvalue weighted by molar-refractivity contribution is 5.40. The Balaban J connectivity index is 2.10. The predicted molar refractivity (Wildman–Crippen MR) is 72.5 cm³/mol. The quantitative estimate of drug-likeness (QED) is 0.869. The van der Waals surface area contributed by atoms with Crippen LogP contribution in [0, 0.1) is 0 Å². The van der Waals surface area contributed by atoms with Gasteiger partial charge in [-0.3, -0.25) is 5.32 Å². The van der Waals surface area contributed by atoms with Crippen molar-refractivity contribution in [3.8, 4) is 0 Å². The van der Waals surface area contributed by atoms with E-state index < -0.39 is 0 Å². The molecule has 0 amide bonds. The van der Waals surface area contributed by atoms with Crippen molar-refractivity contribution in [2.75, 3.05) is 19.9 Å². The summed E-state index contributed by atoms with van der Waals surface area (Å²) in [4.78, 5) is 0. The number of hydrogen-bond donors (Lipinski definition) is 1. The van der Waals surface area contributed by atoms with Gasteiger partial charge in [-0.05, 0) is 11.1 Å². The lowest BCUT2D eigenvalue weighted by molar-refractivity contribution is 0.0420. The van der Waals surface area contributed by atoms with Gasteiger partial charge in [-0.2, -0.15) is 0 Å². The smallest absolute Gasteiger partial charge is 0.0966 e. The van der Waals surface area contributed by atoms with E-state index in [0.29, 0.717) is 6.73 Å². The van der Waals surface area contributed by atoms with E-state index in [4.69, 9.17) is 4.74 Å². The standard InChI is InChI=1S/C16H17NO/c1-3-7-14(8-4-1)16(11-17-13-18-12-16)15-9-5-2-6-10-15/h1-10,17H,11-13H2. The van der Waals surface area contributed by atoms with Crippen LogP contribution in [0.15, 0.2) is 60.7 Å². The van der Waals surface area contributed by atoms with Gasteiger partial charge in [0.05, 0.1) is 18.8 Å². The first-order valence-electron chi connectivity index (χ1n) is 6.31. The van der Waals surface area contributed by atoms with Crippen molar-refractivity contribution in [3.63, 3.8) is 0 Å². The Labute approximate surface area is 108 Å². The van der Waals surface area contributed by atoms with Crippen molar-refractivity contribution < 1.29 is 4.74 Å². The van der Waals surface area contributed by atoms with E-state index >= 15 is 0 Å². The van der Waals surface area contributed by atoms with Gasteiger partial charge < -0.3 is 4.74 Å². The molecule has 0 atom stereocenters. The van der Waals surface area contributed by atoms with Crippen LogP contribution < -0.4 is 5.32 Å². The van der Waals surface area contributed by atoms with Crippen LogP contribution >= 0.6 is 0 Å². The summed E-state index contributed by atoms with van der Waals surface area (Å²) in [5.74, 6) is 0. The summed E-state index contributed by atoms with van der Waals surface area (Å²) in [6, 6.07) is 21.2. The summed E-state index contributed by atoms with van der Waals surface area (Å²) in [6.45, 7) is 2.29. The molecule has 0 radical (unpaired) electrons. The molecule has 2 aromatic rings. The van der Waals surface area contributed by atoms with Gasteiger partial charge in [0.1, 0.15) is 0 Å². The van der Waals surface area contributed by atoms with E-state index in [1.807, 2.05) is 0 Å². The fourth-order valence-corrected chi connectivity index (χ4v) is 2.66. The molecular formula is C16H17NO. The van der Waals surface area contributed by atoms with Crippen molar-refractivity contribution in [2.45, 2.75) is 5.41 Å². The first kappa shape index (κ1) is 11.5. The molecule has 1 heterocycles. The van der Waals surface area contributed by atoms with Crippen molar-refractivity contribution >= 4 is 0 Å². The highest BCUT2D eigenvalue weighted by Gasteiger charge is 2.36. The van der Waals surface area contributed by atoms with Gasteiger partial charge in [-0.15, -0.1) is 0 Å². The van der Waals surface area contributed by atoms with Crippen molar-refractivity contribution in [2.24, 2.45) is 0 Å². The Bertz CT molecular complexity index is 448. The second-order valence-corrected chi connectivity index (χ2v) is 4.73. The molecule has 2 aromatic carbocycles. The lowest BCUT2D eigenvalue weighted by Crippen LogP contribution is -2.48. The van der Waals surface area contributed by atoms with E-state index in [-0.39, 0.29) is 5.41 Å². The summed E-state index contributed by atoms with van der Waals surface area (Å²) < 4.78 is 5.68. The normalized spacial score (nSPS) is 18.4. The molecule has 2 nitrogen and oxygen atoms in total. The van der Waals surface area contributed by atoms with Gasteiger partial charge in [0, 0.05) is 6.54 Å². The molecule has 0 aliphatic carbocycles. The minimum atomic E-state index is -0.0687. The van der Waals surface area contributed by atoms with Crippen LogP contribution in [0.5, 0.6) is 0 Å². The van der Waals surface area contributed by atoms with Crippen LogP contribution in [0.3, 0.4) is 0 Å². The molecule has 0 bridgehead atoms. The Morgan fingerprint density at radius 2 is 1.39 bits per heavy atom. The van der Waals surface area contributed by atoms with E-state index in [2.05, 4.69) is 66.0 Å². The summed E-state index contributed by atoms with van der Waals surface area (Å²) in [5, 5.41) is 3.35. The minimum absolute atomic E-state index is 0.0687. The molecule has 0 aromatic heterocycles. The van der Waals surface area contributed by atoms with Gasteiger partial charge in [0.2, 0.25) is 0 Å². The van der Waals surface area contributed by atoms with Gasteiger partial charge in [0.25, 0.3) is 0 Å². The Hall–Kier alpha value is -1.64. The molecule has 18 heavy (non-hydrogen) atoms. The molecule has 1 fully saturated rings. The zero-order chi connectivity index (χ0) is 12.3. The molecule has 0 unspecified atom stereocenters. The van der Waals surface area contributed by atoms with Crippen molar-refractivity contribution in [1.82, 2.24) is 5.32 Å². The fourth-order valence-electron chi connectivity index (χ4n) is 2.66. The van der Waals surface area contributed by atoms with Crippen LogP contribution in [0.2, 0.25) is 0 Å².